The van der Waals surface area contributed by atoms with Gasteiger partial charge in [0.15, 0.2) is 0 Å². The molecule has 0 bridgehead atoms. The Balaban J connectivity index is 2.50. The number of rotatable bonds is 9. The predicted octanol–water partition coefficient (Wildman–Crippen LogP) is 0.980. The standard InChI is InChI=1S/C12H23N3O3S/c1-11(2)5-3-6-14-19(17,18)12-9-13-15(10-12)7-4-8-16/h9-11,14,16H,3-8H2,1-2H3. The van der Waals surface area contributed by atoms with E-state index in [9.17, 15) is 8.42 Å². The van der Waals surface area contributed by atoms with Crippen LogP contribution in [0.25, 0.3) is 0 Å². The van der Waals surface area contributed by atoms with Crippen LogP contribution in [0.4, 0.5) is 0 Å². The lowest BCUT2D eigenvalue weighted by Crippen LogP contribution is -2.24. The molecule has 0 unspecified atom stereocenters. The Morgan fingerprint density at radius 2 is 2.16 bits per heavy atom. The van der Waals surface area contributed by atoms with E-state index in [1.807, 2.05) is 0 Å². The van der Waals surface area contributed by atoms with Gasteiger partial charge in [-0.2, -0.15) is 5.10 Å². The van der Waals surface area contributed by atoms with Gasteiger partial charge in [0.1, 0.15) is 4.90 Å². The van der Waals surface area contributed by atoms with Crippen LogP contribution in [0.2, 0.25) is 0 Å². The Kier molecular flexibility index (Phi) is 6.47. The van der Waals surface area contributed by atoms with E-state index in [0.717, 1.165) is 12.8 Å². The van der Waals surface area contributed by atoms with Crippen LogP contribution in [0.5, 0.6) is 0 Å². The molecular formula is C12H23N3O3S. The van der Waals surface area contributed by atoms with Gasteiger partial charge in [0.05, 0.1) is 6.20 Å². The monoisotopic (exact) mass is 289 g/mol. The second-order valence-electron chi connectivity index (χ2n) is 4.95. The minimum absolute atomic E-state index is 0.0649. The van der Waals surface area contributed by atoms with E-state index in [-0.39, 0.29) is 11.5 Å². The van der Waals surface area contributed by atoms with Crippen molar-refractivity contribution in [3.05, 3.63) is 12.4 Å². The first kappa shape index (κ1) is 16.1. The van der Waals surface area contributed by atoms with Crippen molar-refractivity contribution in [3.63, 3.8) is 0 Å². The van der Waals surface area contributed by atoms with Crippen LogP contribution in [-0.4, -0.2) is 36.5 Å². The summed E-state index contributed by atoms with van der Waals surface area (Å²) in [6.45, 7) is 5.25. The normalized spacial score (nSPS) is 12.2. The number of aliphatic hydroxyl groups excluding tert-OH is 1. The van der Waals surface area contributed by atoms with Crippen LogP contribution in [0.15, 0.2) is 17.3 Å². The Hall–Kier alpha value is -0.920. The molecule has 110 valence electrons. The number of aryl methyl sites for hydroxylation is 1. The molecule has 0 saturated carbocycles. The number of aliphatic hydroxyl groups is 1. The molecule has 0 aliphatic carbocycles. The molecule has 0 spiro atoms. The molecule has 0 radical (unpaired) electrons. The van der Waals surface area contributed by atoms with Crippen molar-refractivity contribution in [2.24, 2.45) is 5.92 Å². The number of nitrogens with one attached hydrogen (secondary N) is 1. The summed E-state index contributed by atoms with van der Waals surface area (Å²) in [5.74, 6) is 0.575. The van der Waals surface area contributed by atoms with Crippen LogP contribution in [0.1, 0.15) is 33.1 Å². The zero-order valence-electron chi connectivity index (χ0n) is 11.5. The maximum Gasteiger partial charge on any atom is 0.243 e. The summed E-state index contributed by atoms with van der Waals surface area (Å²) in [5, 5.41) is 12.7. The van der Waals surface area contributed by atoms with Crippen LogP contribution >= 0.6 is 0 Å². The van der Waals surface area contributed by atoms with Crippen molar-refractivity contribution in [1.82, 2.24) is 14.5 Å². The Morgan fingerprint density at radius 3 is 2.79 bits per heavy atom. The third-order valence-corrected chi connectivity index (χ3v) is 4.13. The smallest absolute Gasteiger partial charge is 0.243 e. The van der Waals surface area contributed by atoms with E-state index in [2.05, 4.69) is 23.7 Å². The van der Waals surface area contributed by atoms with Gasteiger partial charge in [-0.3, -0.25) is 4.68 Å². The second-order valence-corrected chi connectivity index (χ2v) is 6.72. The minimum atomic E-state index is -3.46. The van der Waals surface area contributed by atoms with E-state index in [1.54, 1.807) is 0 Å². The average molecular weight is 289 g/mol. The van der Waals surface area contributed by atoms with Gasteiger partial charge in [-0.05, 0) is 25.2 Å². The first-order chi connectivity index (χ1) is 8.95. The summed E-state index contributed by atoms with van der Waals surface area (Å²) >= 11 is 0. The number of sulfonamides is 1. The average Bonchev–Trinajstić information content (AvgIpc) is 2.81. The molecule has 1 aromatic rings. The topological polar surface area (TPSA) is 84.2 Å². The lowest BCUT2D eigenvalue weighted by atomic mass is 10.1. The van der Waals surface area contributed by atoms with Gasteiger partial charge >= 0.3 is 0 Å². The molecule has 2 N–H and O–H groups in total. The van der Waals surface area contributed by atoms with Gasteiger partial charge in [0.25, 0.3) is 0 Å². The number of hydrogen-bond donors (Lipinski definition) is 2. The van der Waals surface area contributed by atoms with E-state index in [4.69, 9.17) is 5.11 Å². The van der Waals surface area contributed by atoms with E-state index < -0.39 is 10.0 Å². The fourth-order valence-electron chi connectivity index (χ4n) is 1.64. The summed E-state index contributed by atoms with van der Waals surface area (Å²) in [6.07, 6.45) is 5.21. The van der Waals surface area contributed by atoms with Crippen molar-refractivity contribution in [2.45, 2.75) is 44.6 Å². The van der Waals surface area contributed by atoms with E-state index >= 15 is 0 Å². The first-order valence-electron chi connectivity index (χ1n) is 6.58. The number of nitrogens with zero attached hydrogens (tertiary/aromatic N) is 2. The zero-order chi connectivity index (χ0) is 14.3. The Bertz CT molecular complexity index is 468. The van der Waals surface area contributed by atoms with Crippen LogP contribution in [-0.2, 0) is 16.6 Å². The molecule has 0 aliphatic rings. The molecule has 0 saturated heterocycles. The highest BCUT2D eigenvalue weighted by atomic mass is 32.2. The molecule has 0 amide bonds. The van der Waals surface area contributed by atoms with Crippen molar-refractivity contribution < 1.29 is 13.5 Å². The largest absolute Gasteiger partial charge is 0.396 e. The van der Waals surface area contributed by atoms with Crippen molar-refractivity contribution in [2.75, 3.05) is 13.2 Å². The molecule has 1 heterocycles. The molecule has 19 heavy (non-hydrogen) atoms. The van der Waals surface area contributed by atoms with Gasteiger partial charge < -0.3 is 5.11 Å². The molecule has 7 heteroatoms. The van der Waals surface area contributed by atoms with E-state index in [1.165, 1.54) is 17.1 Å². The highest BCUT2D eigenvalue weighted by molar-refractivity contribution is 7.89. The third kappa shape index (κ3) is 5.71. The third-order valence-electron chi connectivity index (χ3n) is 2.72. The van der Waals surface area contributed by atoms with E-state index in [0.29, 0.717) is 25.4 Å². The van der Waals surface area contributed by atoms with Crippen LogP contribution in [0, 0.1) is 5.92 Å². The first-order valence-corrected chi connectivity index (χ1v) is 8.07. The molecule has 0 aliphatic heterocycles. The maximum absolute atomic E-state index is 12.0. The quantitative estimate of drug-likeness (QED) is 0.664. The molecule has 0 fully saturated rings. The fraction of sp³-hybridized carbons (Fsp3) is 0.750. The summed E-state index contributed by atoms with van der Waals surface area (Å²) < 4.78 is 28.0. The van der Waals surface area contributed by atoms with Gasteiger partial charge in [-0.1, -0.05) is 13.8 Å². The van der Waals surface area contributed by atoms with Crippen molar-refractivity contribution >= 4 is 10.0 Å². The summed E-state index contributed by atoms with van der Waals surface area (Å²) in [5.41, 5.74) is 0. The second kappa shape index (κ2) is 7.62. The van der Waals surface area contributed by atoms with Gasteiger partial charge in [0, 0.05) is 25.9 Å². The Labute approximate surface area is 114 Å². The summed E-state index contributed by atoms with van der Waals surface area (Å²) in [7, 11) is -3.46. The minimum Gasteiger partial charge on any atom is -0.396 e. The lowest BCUT2D eigenvalue weighted by Gasteiger charge is -2.06. The molecule has 1 rings (SSSR count). The lowest BCUT2D eigenvalue weighted by molar-refractivity contribution is 0.277. The molecular weight excluding hydrogens is 266 g/mol. The van der Waals surface area contributed by atoms with Crippen molar-refractivity contribution in [1.29, 1.82) is 0 Å². The Morgan fingerprint density at radius 1 is 1.42 bits per heavy atom. The summed E-state index contributed by atoms with van der Waals surface area (Å²) in [4.78, 5) is 0.176. The zero-order valence-corrected chi connectivity index (χ0v) is 12.4. The highest BCUT2D eigenvalue weighted by Crippen LogP contribution is 2.08. The number of hydrogen-bond acceptors (Lipinski definition) is 4. The van der Waals surface area contributed by atoms with Gasteiger partial charge in [-0.25, -0.2) is 13.1 Å². The number of aromatic nitrogens is 2. The SMILES string of the molecule is CC(C)CCCNS(=O)(=O)c1cnn(CCCO)c1. The maximum atomic E-state index is 12.0. The molecule has 0 atom stereocenters. The van der Waals surface area contributed by atoms with Crippen molar-refractivity contribution in [3.8, 4) is 0 Å². The molecule has 6 nitrogen and oxygen atoms in total. The van der Waals surface area contributed by atoms with Crippen LogP contribution in [0.3, 0.4) is 0 Å². The highest BCUT2D eigenvalue weighted by Gasteiger charge is 2.15. The fourth-order valence-corrected chi connectivity index (χ4v) is 2.66. The summed E-state index contributed by atoms with van der Waals surface area (Å²) in [6, 6.07) is 0. The predicted molar refractivity (Wildman–Crippen MR) is 73.2 cm³/mol. The molecule has 0 aromatic carbocycles. The van der Waals surface area contributed by atoms with Gasteiger partial charge in [0.2, 0.25) is 10.0 Å². The van der Waals surface area contributed by atoms with Crippen LogP contribution < -0.4 is 4.72 Å². The van der Waals surface area contributed by atoms with Gasteiger partial charge in [-0.15, -0.1) is 0 Å². The molecule has 1 aromatic heterocycles.